The Labute approximate surface area is 126 Å². The van der Waals surface area contributed by atoms with Crippen molar-refractivity contribution in [3.63, 3.8) is 0 Å². The Hall–Kier alpha value is -1.08. The maximum Gasteiger partial charge on any atom is 0.175 e. The quantitative estimate of drug-likeness (QED) is 0.362. The molecule has 20 heavy (non-hydrogen) atoms. The molecule has 4 atom stereocenters. The maximum atomic E-state index is 10.1. The van der Waals surface area contributed by atoms with Gasteiger partial charge in [0.25, 0.3) is 0 Å². The first-order chi connectivity index (χ1) is 9.54. The third-order valence-electron chi connectivity index (χ3n) is 3.23. The van der Waals surface area contributed by atoms with Crippen molar-refractivity contribution in [2.75, 3.05) is 12.3 Å². The largest absolute Gasteiger partial charge is 0.394 e. The van der Waals surface area contributed by atoms with E-state index in [0.717, 1.165) is 0 Å². The number of ether oxygens (including phenoxy) is 1. The lowest BCUT2D eigenvalue weighted by molar-refractivity contribution is -0.0522. The first-order valence-corrected chi connectivity index (χ1v) is 6.88. The second-order valence-corrected chi connectivity index (χ2v) is 5.38. The SMILES string of the molecule is Nc1ncnc2c1nc(I)n2[C@@H]1O[C@H](CO)C(O)C1O. The predicted octanol–water partition coefficient (Wildman–Crippen LogP) is -1.38. The fourth-order valence-corrected chi connectivity index (χ4v) is 2.96. The molecule has 0 saturated carbocycles. The van der Waals surface area contributed by atoms with Gasteiger partial charge in [-0.15, -0.1) is 0 Å². The van der Waals surface area contributed by atoms with Crippen LogP contribution >= 0.6 is 22.6 Å². The fraction of sp³-hybridized carbons (Fsp3) is 0.500. The monoisotopic (exact) mass is 393 g/mol. The predicted molar refractivity (Wildman–Crippen MR) is 75.5 cm³/mol. The Kier molecular flexibility index (Phi) is 3.50. The molecule has 108 valence electrons. The van der Waals surface area contributed by atoms with Gasteiger partial charge in [0.2, 0.25) is 0 Å². The van der Waals surface area contributed by atoms with Crippen LogP contribution in [0.5, 0.6) is 0 Å². The van der Waals surface area contributed by atoms with Gasteiger partial charge in [-0.1, -0.05) is 0 Å². The van der Waals surface area contributed by atoms with Gasteiger partial charge in [0.1, 0.15) is 24.6 Å². The molecule has 3 rings (SSSR count). The Morgan fingerprint density at radius 1 is 1.35 bits per heavy atom. The number of anilines is 1. The summed E-state index contributed by atoms with van der Waals surface area (Å²) in [6, 6.07) is 0. The highest BCUT2D eigenvalue weighted by molar-refractivity contribution is 14.1. The minimum absolute atomic E-state index is 0.221. The second-order valence-electron chi connectivity index (χ2n) is 4.41. The minimum Gasteiger partial charge on any atom is -0.394 e. The number of aliphatic hydroxyl groups is 3. The van der Waals surface area contributed by atoms with Gasteiger partial charge in [-0.05, 0) is 0 Å². The summed E-state index contributed by atoms with van der Waals surface area (Å²) in [5, 5.41) is 29.0. The van der Waals surface area contributed by atoms with Gasteiger partial charge in [0.15, 0.2) is 27.0 Å². The summed E-state index contributed by atoms with van der Waals surface area (Å²) in [7, 11) is 0. The number of hydrogen-bond acceptors (Lipinski definition) is 8. The van der Waals surface area contributed by atoms with E-state index in [4.69, 9.17) is 15.6 Å². The molecule has 0 amide bonds. The van der Waals surface area contributed by atoms with E-state index in [1.54, 1.807) is 0 Å². The molecule has 0 radical (unpaired) electrons. The number of imidazole rings is 1. The number of hydrogen-bond donors (Lipinski definition) is 4. The molecule has 9 nitrogen and oxygen atoms in total. The Balaban J connectivity index is 2.11. The molecule has 1 fully saturated rings. The maximum absolute atomic E-state index is 10.1. The molecule has 0 aliphatic carbocycles. The van der Waals surface area contributed by atoms with E-state index in [2.05, 4.69) is 15.0 Å². The molecule has 0 bridgehead atoms. The van der Waals surface area contributed by atoms with Gasteiger partial charge >= 0.3 is 0 Å². The van der Waals surface area contributed by atoms with E-state index < -0.39 is 31.1 Å². The van der Waals surface area contributed by atoms with Gasteiger partial charge in [0, 0.05) is 22.6 Å². The van der Waals surface area contributed by atoms with Crippen molar-refractivity contribution in [3.05, 3.63) is 10.2 Å². The summed E-state index contributed by atoms with van der Waals surface area (Å²) < 4.78 is 7.49. The Morgan fingerprint density at radius 2 is 2.10 bits per heavy atom. The standard InChI is InChI=1S/C10H12IN5O4/c11-10-15-4-7(12)13-2-14-8(4)16(10)9-6(19)5(18)3(1-17)20-9/h2-3,5-6,9,17-19H,1H2,(H2,12,13,14)/t3-,5?,6?,9-/m1/s1. The summed E-state index contributed by atoms with van der Waals surface area (Å²) in [4.78, 5) is 12.2. The average Bonchev–Trinajstić information content (AvgIpc) is 2.90. The van der Waals surface area contributed by atoms with Crippen molar-refractivity contribution >= 4 is 39.6 Å². The highest BCUT2D eigenvalue weighted by Gasteiger charge is 2.44. The van der Waals surface area contributed by atoms with Crippen LogP contribution in [0.3, 0.4) is 0 Å². The van der Waals surface area contributed by atoms with Crippen LogP contribution < -0.4 is 5.73 Å². The summed E-state index contributed by atoms with van der Waals surface area (Å²) in [5.74, 6) is 0.221. The number of nitrogens with zero attached hydrogens (tertiary/aromatic N) is 4. The van der Waals surface area contributed by atoms with Crippen LogP contribution in [0.2, 0.25) is 0 Å². The van der Waals surface area contributed by atoms with Crippen LogP contribution in [-0.2, 0) is 4.74 Å². The molecule has 5 N–H and O–H groups in total. The molecular formula is C10H12IN5O4. The van der Waals surface area contributed by atoms with Crippen LogP contribution in [0.1, 0.15) is 6.23 Å². The topological polar surface area (TPSA) is 140 Å². The zero-order valence-electron chi connectivity index (χ0n) is 10.1. The van der Waals surface area contributed by atoms with Crippen LogP contribution in [0.15, 0.2) is 6.33 Å². The third kappa shape index (κ3) is 1.95. The molecule has 1 saturated heterocycles. The van der Waals surface area contributed by atoms with E-state index in [0.29, 0.717) is 15.0 Å². The molecule has 2 unspecified atom stereocenters. The Bertz CT molecular complexity index is 650. The van der Waals surface area contributed by atoms with Gasteiger partial charge < -0.3 is 25.8 Å². The highest BCUT2D eigenvalue weighted by Crippen LogP contribution is 2.33. The first kappa shape index (κ1) is 13.9. The van der Waals surface area contributed by atoms with Crippen molar-refractivity contribution in [2.45, 2.75) is 24.5 Å². The number of nitrogen functional groups attached to an aromatic ring is 1. The van der Waals surface area contributed by atoms with Crippen LogP contribution in [-0.4, -0.2) is 59.8 Å². The van der Waals surface area contributed by atoms with Crippen molar-refractivity contribution in [3.8, 4) is 0 Å². The number of aromatic nitrogens is 4. The minimum atomic E-state index is -1.20. The number of nitrogens with two attached hydrogens (primary N) is 1. The third-order valence-corrected chi connectivity index (χ3v) is 3.99. The molecule has 10 heteroatoms. The second kappa shape index (κ2) is 5.04. The van der Waals surface area contributed by atoms with E-state index >= 15 is 0 Å². The molecule has 1 aliphatic heterocycles. The smallest absolute Gasteiger partial charge is 0.175 e. The molecule has 3 heterocycles. The van der Waals surface area contributed by atoms with E-state index in [-0.39, 0.29) is 5.82 Å². The van der Waals surface area contributed by atoms with Gasteiger partial charge in [-0.2, -0.15) is 0 Å². The van der Waals surface area contributed by atoms with E-state index in [9.17, 15) is 10.2 Å². The van der Waals surface area contributed by atoms with Gasteiger partial charge in [-0.25, -0.2) is 15.0 Å². The van der Waals surface area contributed by atoms with Crippen molar-refractivity contribution < 1.29 is 20.1 Å². The number of fused-ring (bicyclic) bond motifs is 1. The summed E-state index contributed by atoms with van der Waals surface area (Å²) in [6.45, 7) is -0.394. The van der Waals surface area contributed by atoms with Crippen LogP contribution in [0, 0.1) is 3.83 Å². The lowest BCUT2D eigenvalue weighted by Gasteiger charge is -2.17. The summed E-state index contributed by atoms with van der Waals surface area (Å²) in [6.07, 6.45) is -2.85. The molecule has 0 aromatic carbocycles. The van der Waals surface area contributed by atoms with Crippen molar-refractivity contribution in [1.29, 1.82) is 0 Å². The van der Waals surface area contributed by atoms with E-state index in [1.807, 2.05) is 22.6 Å². The van der Waals surface area contributed by atoms with Crippen LogP contribution in [0.25, 0.3) is 11.2 Å². The van der Waals surface area contributed by atoms with Crippen molar-refractivity contribution in [2.24, 2.45) is 0 Å². The van der Waals surface area contributed by atoms with Crippen LogP contribution in [0.4, 0.5) is 5.82 Å². The van der Waals surface area contributed by atoms with E-state index in [1.165, 1.54) is 10.9 Å². The lowest BCUT2D eigenvalue weighted by Crippen LogP contribution is -2.33. The van der Waals surface area contributed by atoms with Gasteiger partial charge in [-0.3, -0.25) is 4.57 Å². The summed E-state index contributed by atoms with van der Waals surface area (Å²) in [5.41, 5.74) is 6.53. The molecule has 2 aromatic heterocycles. The highest BCUT2D eigenvalue weighted by atomic mass is 127. The average molecular weight is 393 g/mol. The Morgan fingerprint density at radius 3 is 2.75 bits per heavy atom. The molecule has 2 aromatic rings. The number of aliphatic hydroxyl groups excluding tert-OH is 3. The van der Waals surface area contributed by atoms with Gasteiger partial charge in [0.05, 0.1) is 6.61 Å². The summed E-state index contributed by atoms with van der Waals surface area (Å²) >= 11 is 1.95. The zero-order chi connectivity index (χ0) is 14.4. The first-order valence-electron chi connectivity index (χ1n) is 5.81. The normalized spacial score (nSPS) is 30.2. The zero-order valence-corrected chi connectivity index (χ0v) is 12.2. The molecule has 0 spiro atoms. The fourth-order valence-electron chi connectivity index (χ4n) is 2.22. The lowest BCUT2D eigenvalue weighted by atomic mass is 10.1. The number of halogens is 1. The molecular weight excluding hydrogens is 381 g/mol. The molecule has 1 aliphatic rings. The number of rotatable bonds is 2. The van der Waals surface area contributed by atoms with Crippen molar-refractivity contribution in [1.82, 2.24) is 19.5 Å².